The fraction of sp³-hybridized carbons (Fsp3) is 0.368. The van der Waals surface area contributed by atoms with Gasteiger partial charge in [0, 0.05) is 11.1 Å². The third-order valence-corrected chi connectivity index (χ3v) is 4.14. The molecule has 1 heterocycles. The Labute approximate surface area is 150 Å². The van der Waals surface area contributed by atoms with Gasteiger partial charge in [0.1, 0.15) is 23.9 Å². The van der Waals surface area contributed by atoms with Crippen LogP contribution in [0.1, 0.15) is 19.3 Å². The van der Waals surface area contributed by atoms with E-state index in [0.29, 0.717) is 13.2 Å². The van der Waals surface area contributed by atoms with Crippen LogP contribution in [0.3, 0.4) is 0 Å². The van der Waals surface area contributed by atoms with E-state index in [1.807, 2.05) is 48.5 Å². The summed E-state index contributed by atoms with van der Waals surface area (Å²) in [6.45, 7) is 1.83. The lowest BCUT2D eigenvalue weighted by Gasteiger charge is -2.22. The van der Waals surface area contributed by atoms with E-state index >= 15 is 0 Å². The highest BCUT2D eigenvalue weighted by Crippen LogP contribution is 2.26. The van der Waals surface area contributed by atoms with Crippen molar-refractivity contribution in [3.63, 3.8) is 0 Å². The lowest BCUT2D eigenvalue weighted by atomic mass is 10.2. The monoisotopic (exact) mass is 392 g/mol. The molecule has 1 aliphatic heterocycles. The Balaban J connectivity index is 1.41. The summed E-state index contributed by atoms with van der Waals surface area (Å²) in [6, 6.07) is 15.3. The van der Waals surface area contributed by atoms with Crippen LogP contribution in [0, 0.1) is 0 Å². The molecule has 128 valence electrons. The van der Waals surface area contributed by atoms with Crippen molar-refractivity contribution in [2.75, 3.05) is 19.8 Å². The Morgan fingerprint density at radius 1 is 0.958 bits per heavy atom. The summed E-state index contributed by atoms with van der Waals surface area (Å²) in [6.07, 6.45) is 3.21. The fourth-order valence-electron chi connectivity index (χ4n) is 2.45. The average molecular weight is 393 g/mol. The van der Waals surface area contributed by atoms with Crippen molar-refractivity contribution in [3.05, 3.63) is 53.0 Å². The van der Waals surface area contributed by atoms with Crippen LogP contribution < -0.4 is 9.47 Å². The second-order valence-electron chi connectivity index (χ2n) is 5.55. The SMILES string of the molecule is Brc1cccc(Oc2ccc(OCCOC3CCCCO3)cc2)c1. The molecule has 3 rings (SSSR count). The van der Waals surface area contributed by atoms with Crippen LogP contribution in [-0.4, -0.2) is 26.1 Å². The maximum Gasteiger partial charge on any atom is 0.157 e. The number of benzene rings is 2. The van der Waals surface area contributed by atoms with Gasteiger partial charge in [-0.1, -0.05) is 22.0 Å². The summed E-state index contributed by atoms with van der Waals surface area (Å²) in [7, 11) is 0. The van der Waals surface area contributed by atoms with Crippen molar-refractivity contribution in [2.24, 2.45) is 0 Å². The third-order valence-electron chi connectivity index (χ3n) is 3.65. The predicted molar refractivity (Wildman–Crippen MR) is 95.7 cm³/mol. The zero-order valence-electron chi connectivity index (χ0n) is 13.4. The maximum absolute atomic E-state index is 5.79. The van der Waals surface area contributed by atoms with Gasteiger partial charge in [-0.05, 0) is 61.7 Å². The molecule has 0 saturated carbocycles. The van der Waals surface area contributed by atoms with Gasteiger partial charge in [0.25, 0.3) is 0 Å². The zero-order valence-corrected chi connectivity index (χ0v) is 15.0. The van der Waals surface area contributed by atoms with E-state index in [1.54, 1.807) is 0 Å². The van der Waals surface area contributed by atoms with E-state index in [1.165, 1.54) is 6.42 Å². The van der Waals surface area contributed by atoms with Crippen molar-refractivity contribution in [1.82, 2.24) is 0 Å². The summed E-state index contributed by atoms with van der Waals surface area (Å²) in [5, 5.41) is 0. The van der Waals surface area contributed by atoms with Crippen molar-refractivity contribution >= 4 is 15.9 Å². The molecule has 0 aliphatic carbocycles. The second kappa shape index (κ2) is 9.06. The van der Waals surface area contributed by atoms with Gasteiger partial charge in [-0.15, -0.1) is 0 Å². The Hall–Kier alpha value is -1.56. The lowest BCUT2D eigenvalue weighted by Crippen LogP contribution is -2.24. The maximum atomic E-state index is 5.79. The van der Waals surface area contributed by atoms with Crippen LogP contribution >= 0.6 is 15.9 Å². The van der Waals surface area contributed by atoms with E-state index < -0.39 is 0 Å². The Morgan fingerprint density at radius 2 is 1.79 bits per heavy atom. The van der Waals surface area contributed by atoms with Crippen molar-refractivity contribution in [2.45, 2.75) is 25.6 Å². The van der Waals surface area contributed by atoms with Gasteiger partial charge < -0.3 is 18.9 Å². The molecule has 0 aromatic heterocycles. The quantitative estimate of drug-likeness (QED) is 0.609. The first-order valence-corrected chi connectivity index (χ1v) is 8.98. The summed E-state index contributed by atoms with van der Waals surface area (Å²) < 4.78 is 23.6. The number of hydrogen-bond donors (Lipinski definition) is 0. The smallest absolute Gasteiger partial charge is 0.157 e. The zero-order chi connectivity index (χ0) is 16.6. The molecular formula is C19H21BrO4. The van der Waals surface area contributed by atoms with Crippen molar-refractivity contribution in [3.8, 4) is 17.2 Å². The van der Waals surface area contributed by atoms with E-state index in [9.17, 15) is 0 Å². The molecule has 2 aromatic rings. The number of halogens is 1. The van der Waals surface area contributed by atoms with Crippen molar-refractivity contribution < 1.29 is 18.9 Å². The highest BCUT2D eigenvalue weighted by molar-refractivity contribution is 9.10. The highest BCUT2D eigenvalue weighted by atomic mass is 79.9. The van der Waals surface area contributed by atoms with Gasteiger partial charge >= 0.3 is 0 Å². The number of ether oxygens (including phenoxy) is 4. The van der Waals surface area contributed by atoms with Crippen LogP contribution in [0.25, 0.3) is 0 Å². The summed E-state index contributed by atoms with van der Waals surface area (Å²) >= 11 is 3.43. The minimum absolute atomic E-state index is 0.0664. The molecule has 1 atom stereocenters. The number of hydrogen-bond acceptors (Lipinski definition) is 4. The van der Waals surface area contributed by atoms with Crippen LogP contribution in [0.5, 0.6) is 17.2 Å². The largest absolute Gasteiger partial charge is 0.491 e. The van der Waals surface area contributed by atoms with E-state index in [0.717, 1.165) is 41.2 Å². The number of rotatable bonds is 7. The molecule has 5 heteroatoms. The van der Waals surface area contributed by atoms with Gasteiger partial charge in [-0.3, -0.25) is 0 Å². The second-order valence-corrected chi connectivity index (χ2v) is 6.46. The standard InChI is InChI=1S/C19H21BrO4/c20-15-4-3-5-18(14-15)24-17-9-7-16(8-10-17)21-12-13-23-19-6-1-2-11-22-19/h3-5,7-10,14,19H,1-2,6,11-13H2. The molecule has 1 fully saturated rings. The molecule has 1 unspecified atom stereocenters. The first-order valence-electron chi connectivity index (χ1n) is 8.19. The van der Waals surface area contributed by atoms with Crippen LogP contribution in [-0.2, 0) is 9.47 Å². The normalized spacial score (nSPS) is 17.5. The first kappa shape index (κ1) is 17.3. The molecule has 0 spiro atoms. The average Bonchev–Trinajstić information content (AvgIpc) is 2.61. The van der Waals surface area contributed by atoms with Crippen molar-refractivity contribution in [1.29, 1.82) is 0 Å². The molecule has 4 nitrogen and oxygen atoms in total. The van der Waals surface area contributed by atoms with Gasteiger partial charge in [-0.25, -0.2) is 0 Å². The molecule has 0 radical (unpaired) electrons. The highest BCUT2D eigenvalue weighted by Gasteiger charge is 2.13. The third kappa shape index (κ3) is 5.51. The van der Waals surface area contributed by atoms with Crippen LogP contribution in [0.15, 0.2) is 53.0 Å². The van der Waals surface area contributed by atoms with E-state index in [4.69, 9.17) is 18.9 Å². The van der Waals surface area contributed by atoms with E-state index in [-0.39, 0.29) is 6.29 Å². The van der Waals surface area contributed by atoms with Gasteiger partial charge in [0.2, 0.25) is 0 Å². The van der Waals surface area contributed by atoms with Crippen LogP contribution in [0.2, 0.25) is 0 Å². The first-order chi connectivity index (χ1) is 11.8. The summed E-state index contributed by atoms with van der Waals surface area (Å²) in [5.74, 6) is 2.36. The van der Waals surface area contributed by atoms with Crippen LogP contribution in [0.4, 0.5) is 0 Å². The molecular weight excluding hydrogens is 372 g/mol. The topological polar surface area (TPSA) is 36.9 Å². The predicted octanol–water partition coefficient (Wildman–Crippen LogP) is 5.16. The molecule has 2 aromatic carbocycles. The van der Waals surface area contributed by atoms with Gasteiger partial charge in [0.05, 0.1) is 6.61 Å². The Bertz CT molecular complexity index is 624. The molecule has 1 aliphatic rings. The minimum atomic E-state index is -0.0664. The van der Waals surface area contributed by atoms with Gasteiger partial charge in [0.15, 0.2) is 6.29 Å². The Kier molecular flexibility index (Phi) is 6.52. The minimum Gasteiger partial charge on any atom is -0.491 e. The van der Waals surface area contributed by atoms with Gasteiger partial charge in [-0.2, -0.15) is 0 Å². The summed E-state index contributed by atoms with van der Waals surface area (Å²) in [5.41, 5.74) is 0. The molecule has 0 bridgehead atoms. The van der Waals surface area contributed by atoms with E-state index in [2.05, 4.69) is 15.9 Å². The molecule has 1 saturated heterocycles. The molecule has 24 heavy (non-hydrogen) atoms. The Morgan fingerprint density at radius 3 is 2.54 bits per heavy atom. The molecule has 0 N–H and O–H groups in total. The summed E-state index contributed by atoms with van der Waals surface area (Å²) in [4.78, 5) is 0. The lowest BCUT2D eigenvalue weighted by molar-refractivity contribution is -0.165. The fourth-order valence-corrected chi connectivity index (χ4v) is 2.83. The molecule has 0 amide bonds.